The topological polar surface area (TPSA) is 83.1 Å². The molecule has 0 spiro atoms. The third-order valence-corrected chi connectivity index (χ3v) is 12.5. The number of hydrogen-bond donors (Lipinski definition) is 2. The summed E-state index contributed by atoms with van der Waals surface area (Å²) in [6.07, 6.45) is 10.5. The molecule has 0 atom stereocenters. The molecule has 63 heavy (non-hydrogen) atoms. The van der Waals surface area contributed by atoms with Crippen molar-refractivity contribution in [1.29, 1.82) is 0 Å². The Hall–Kier alpha value is -7.44. The second-order valence-electron chi connectivity index (χ2n) is 17.4. The van der Waals surface area contributed by atoms with Crippen LogP contribution in [0.2, 0.25) is 0 Å². The molecule has 6 heteroatoms. The van der Waals surface area contributed by atoms with Crippen LogP contribution in [0.5, 0.6) is 0 Å². The minimum absolute atomic E-state index is 0.793. The van der Waals surface area contributed by atoms with Crippen LogP contribution in [0.4, 0.5) is 0 Å². The Labute approximate surface area is 369 Å². The zero-order valence-electron chi connectivity index (χ0n) is 37.4. The molecule has 0 aliphatic carbocycles. The number of fused-ring (bicyclic) bond motifs is 8. The van der Waals surface area contributed by atoms with E-state index in [0.29, 0.717) is 0 Å². The van der Waals surface area contributed by atoms with Crippen molar-refractivity contribution >= 4 is 46.4 Å². The molecule has 0 fully saturated rings. The highest BCUT2D eigenvalue weighted by atomic mass is 14.8. The van der Waals surface area contributed by atoms with Gasteiger partial charge in [-0.15, -0.1) is 0 Å². The predicted octanol–water partition coefficient (Wildman–Crippen LogP) is 14.6. The summed E-state index contributed by atoms with van der Waals surface area (Å²) in [5.74, 6) is 0. The van der Waals surface area contributed by atoms with Crippen molar-refractivity contribution in [3.05, 3.63) is 176 Å². The van der Waals surface area contributed by atoms with Crippen molar-refractivity contribution in [1.82, 2.24) is 29.9 Å². The fourth-order valence-corrected chi connectivity index (χ4v) is 10.2. The van der Waals surface area contributed by atoms with Crippen LogP contribution in [0.3, 0.4) is 0 Å². The Balaban J connectivity index is 1.41. The molecule has 0 radical (unpaired) electrons. The van der Waals surface area contributed by atoms with Crippen molar-refractivity contribution < 1.29 is 0 Å². The van der Waals surface area contributed by atoms with Crippen LogP contribution in [0.15, 0.2) is 103 Å². The second kappa shape index (κ2) is 15.5. The molecule has 0 amide bonds. The molecule has 6 nitrogen and oxygen atoms in total. The molecular weight excluding hydrogens is 769 g/mol. The third kappa shape index (κ3) is 7.02. The van der Waals surface area contributed by atoms with Gasteiger partial charge in [-0.05, 0) is 185 Å². The van der Waals surface area contributed by atoms with Gasteiger partial charge >= 0.3 is 0 Å². The number of aromatic nitrogens is 6. The van der Waals surface area contributed by atoms with Crippen molar-refractivity contribution in [2.75, 3.05) is 0 Å². The van der Waals surface area contributed by atoms with E-state index in [4.69, 9.17) is 15.0 Å². The SMILES string of the molecule is Cc1cc(C)c(-c2c3nc(c(-c4c(C)cc(C)cc4C)c4ccc([nH]4)c(-c4c(C)cc(C)cc4C)c4nc(c(-c5cccc(-c6ccccn6)n5)c5ccc2[nH]5)C=C4)C=C3)c(C)c1. The van der Waals surface area contributed by atoms with E-state index in [1.165, 1.54) is 66.8 Å². The van der Waals surface area contributed by atoms with E-state index in [-0.39, 0.29) is 0 Å². The molecular formula is C57H50N6. The fraction of sp³-hybridized carbons (Fsp3) is 0.158. The first kappa shape index (κ1) is 39.7. The highest BCUT2D eigenvalue weighted by Crippen LogP contribution is 2.42. The maximum absolute atomic E-state index is 5.62. The second-order valence-corrected chi connectivity index (χ2v) is 17.4. The van der Waals surface area contributed by atoms with Gasteiger partial charge < -0.3 is 9.97 Å². The Morgan fingerprint density at radius 1 is 0.317 bits per heavy atom. The smallest absolute Gasteiger partial charge is 0.0893 e. The van der Waals surface area contributed by atoms with E-state index >= 15 is 0 Å². The quantitative estimate of drug-likeness (QED) is 0.181. The van der Waals surface area contributed by atoms with Gasteiger partial charge in [0, 0.05) is 45.0 Å². The number of nitrogens with zero attached hydrogens (tertiary/aromatic N) is 4. The molecule has 2 aliphatic rings. The molecule has 8 aromatic rings. The zero-order chi connectivity index (χ0) is 43.7. The van der Waals surface area contributed by atoms with Gasteiger partial charge in [0.05, 0.1) is 45.4 Å². The highest BCUT2D eigenvalue weighted by Gasteiger charge is 2.23. The first-order chi connectivity index (χ1) is 30.4. The van der Waals surface area contributed by atoms with Crippen LogP contribution < -0.4 is 0 Å². The maximum Gasteiger partial charge on any atom is 0.0893 e. The molecule has 0 saturated heterocycles. The lowest BCUT2D eigenvalue weighted by molar-refractivity contribution is 1.24. The van der Waals surface area contributed by atoms with Crippen LogP contribution in [0, 0.1) is 62.3 Å². The van der Waals surface area contributed by atoms with Crippen LogP contribution in [0.1, 0.15) is 72.8 Å². The molecule has 5 aromatic heterocycles. The van der Waals surface area contributed by atoms with Crippen LogP contribution in [-0.2, 0) is 0 Å². The molecule has 8 bridgehead atoms. The molecule has 0 unspecified atom stereocenters. The maximum atomic E-state index is 5.62. The van der Waals surface area contributed by atoms with E-state index in [9.17, 15) is 0 Å². The monoisotopic (exact) mass is 818 g/mol. The summed E-state index contributed by atoms with van der Waals surface area (Å²) < 4.78 is 0. The number of pyridine rings is 2. The van der Waals surface area contributed by atoms with E-state index in [0.717, 1.165) is 84.2 Å². The van der Waals surface area contributed by atoms with Gasteiger partial charge in [0.1, 0.15) is 0 Å². The average molecular weight is 819 g/mol. The van der Waals surface area contributed by atoms with Gasteiger partial charge in [-0.3, -0.25) is 4.98 Å². The Bertz CT molecular complexity index is 3310. The summed E-state index contributed by atoms with van der Waals surface area (Å²) in [5, 5.41) is 0. The molecule has 7 heterocycles. The molecule has 308 valence electrons. The largest absolute Gasteiger partial charge is 0.354 e. The van der Waals surface area contributed by atoms with Crippen molar-refractivity contribution in [3.8, 4) is 56.0 Å². The standard InChI is InChI=1S/C57H50N6/c1-31-25-34(4)51(35(5)26-31)55-45-18-16-43(60-45)54(42-15-12-14-41(59-42)40-13-10-11-24-58-40)44-17-19-46(61-44)56(52-36(6)27-32(2)28-37(52)7)48-21-23-50(63-48)57(49-22-20-47(55)62-49)53-38(8)29-33(3)30-39(53)9/h10-30,60,63H,1-9H3. The summed E-state index contributed by atoms with van der Waals surface area (Å²) in [4.78, 5) is 29.0. The predicted molar refractivity (Wildman–Crippen MR) is 264 cm³/mol. The number of rotatable bonds is 5. The van der Waals surface area contributed by atoms with Gasteiger partial charge in [0.2, 0.25) is 0 Å². The van der Waals surface area contributed by atoms with Crippen molar-refractivity contribution in [2.24, 2.45) is 0 Å². The van der Waals surface area contributed by atoms with Gasteiger partial charge in [0.25, 0.3) is 0 Å². The molecule has 2 aliphatic heterocycles. The van der Waals surface area contributed by atoms with E-state index in [2.05, 4.69) is 174 Å². The van der Waals surface area contributed by atoms with E-state index in [1.807, 2.05) is 30.5 Å². The minimum atomic E-state index is 0.793. The van der Waals surface area contributed by atoms with Gasteiger partial charge in [-0.25, -0.2) is 15.0 Å². The lowest BCUT2D eigenvalue weighted by Gasteiger charge is -2.14. The van der Waals surface area contributed by atoms with Crippen molar-refractivity contribution in [2.45, 2.75) is 62.3 Å². The average Bonchev–Trinajstić information content (AvgIpc) is 4.09. The number of aromatic amines is 2. The number of benzene rings is 3. The van der Waals surface area contributed by atoms with Crippen LogP contribution in [0.25, 0.3) is 102 Å². The molecule has 2 N–H and O–H groups in total. The first-order valence-corrected chi connectivity index (χ1v) is 21.7. The highest BCUT2D eigenvalue weighted by molar-refractivity contribution is 6.01. The fourth-order valence-electron chi connectivity index (χ4n) is 10.2. The molecule has 3 aromatic carbocycles. The Morgan fingerprint density at radius 2 is 0.667 bits per heavy atom. The lowest BCUT2D eigenvalue weighted by atomic mass is 9.92. The summed E-state index contributed by atoms with van der Waals surface area (Å²) in [5.41, 5.74) is 28.2. The number of hydrogen-bond acceptors (Lipinski definition) is 4. The van der Waals surface area contributed by atoms with Crippen LogP contribution in [-0.4, -0.2) is 29.9 Å². The first-order valence-electron chi connectivity index (χ1n) is 21.7. The minimum Gasteiger partial charge on any atom is -0.354 e. The summed E-state index contributed by atoms with van der Waals surface area (Å²) in [7, 11) is 0. The molecule has 0 saturated carbocycles. The molecule has 10 rings (SSSR count). The number of H-pyrrole nitrogens is 2. The van der Waals surface area contributed by atoms with Crippen molar-refractivity contribution in [3.63, 3.8) is 0 Å². The van der Waals surface area contributed by atoms with Crippen LogP contribution >= 0.6 is 0 Å². The normalized spacial score (nSPS) is 12.1. The summed E-state index contributed by atoms with van der Waals surface area (Å²) in [6.45, 7) is 19.7. The van der Waals surface area contributed by atoms with E-state index in [1.54, 1.807) is 0 Å². The Morgan fingerprint density at radius 3 is 1.05 bits per heavy atom. The third-order valence-electron chi connectivity index (χ3n) is 12.5. The lowest BCUT2D eigenvalue weighted by Crippen LogP contribution is -1.96. The van der Waals surface area contributed by atoms with Gasteiger partial charge in [-0.1, -0.05) is 65.2 Å². The van der Waals surface area contributed by atoms with Gasteiger partial charge in [0.15, 0.2) is 0 Å². The summed E-state index contributed by atoms with van der Waals surface area (Å²) in [6, 6.07) is 34.5. The number of nitrogens with one attached hydrogen (secondary N) is 2. The Kier molecular flexibility index (Phi) is 9.75. The van der Waals surface area contributed by atoms with E-state index < -0.39 is 0 Å². The number of aryl methyl sites for hydroxylation is 9. The summed E-state index contributed by atoms with van der Waals surface area (Å²) >= 11 is 0. The van der Waals surface area contributed by atoms with Gasteiger partial charge in [-0.2, -0.15) is 0 Å². The zero-order valence-corrected chi connectivity index (χ0v) is 37.4.